The number of hydrogen-bond acceptors (Lipinski definition) is 3. The number of fused-ring (bicyclic) bond motifs is 1. The summed E-state index contributed by atoms with van der Waals surface area (Å²) in [4.78, 5) is 12.6. The molecule has 1 aliphatic rings. The van der Waals surface area contributed by atoms with Gasteiger partial charge in [0, 0.05) is 29.0 Å². The number of furan rings is 1. The monoisotopic (exact) mass is 363 g/mol. The van der Waals surface area contributed by atoms with Gasteiger partial charge in [0.25, 0.3) is 0 Å². The molecule has 3 aromatic rings. The lowest BCUT2D eigenvalue weighted by atomic mass is 9.79. The Bertz CT molecular complexity index is 923. The Morgan fingerprint density at radius 3 is 2.67 bits per heavy atom. The van der Waals surface area contributed by atoms with Crippen LogP contribution >= 0.6 is 0 Å². The molecule has 4 nitrogen and oxygen atoms in total. The highest BCUT2D eigenvalue weighted by Crippen LogP contribution is 2.40. The van der Waals surface area contributed by atoms with Crippen LogP contribution in [0, 0.1) is 0 Å². The van der Waals surface area contributed by atoms with Crippen LogP contribution in [0.25, 0.3) is 11.0 Å². The second-order valence-corrected chi connectivity index (χ2v) is 7.43. The lowest BCUT2D eigenvalue weighted by molar-refractivity contribution is -0.120. The summed E-state index contributed by atoms with van der Waals surface area (Å²) in [7, 11) is 1.63. The number of hydrogen-bond donors (Lipinski definition) is 1. The zero-order chi connectivity index (χ0) is 18.7. The maximum absolute atomic E-state index is 12.6. The summed E-state index contributed by atoms with van der Waals surface area (Å²) < 4.78 is 10.8. The fraction of sp³-hybridized carbons (Fsp3) is 0.348. The third kappa shape index (κ3) is 3.57. The molecule has 140 valence electrons. The lowest BCUT2D eigenvalue weighted by Gasteiger charge is -2.30. The topological polar surface area (TPSA) is 51.5 Å². The second-order valence-electron chi connectivity index (χ2n) is 7.43. The molecule has 0 bridgehead atoms. The van der Waals surface area contributed by atoms with Gasteiger partial charge in [-0.2, -0.15) is 0 Å². The van der Waals surface area contributed by atoms with Crippen molar-refractivity contribution in [3.05, 3.63) is 65.9 Å². The van der Waals surface area contributed by atoms with Gasteiger partial charge in [0.1, 0.15) is 11.3 Å². The van der Waals surface area contributed by atoms with Gasteiger partial charge < -0.3 is 14.5 Å². The highest BCUT2D eigenvalue weighted by molar-refractivity contribution is 5.88. The SMILES string of the molecule is COc1ccc2c(CC(=O)NCC3(c4ccccc4)CCCC3)coc2c1. The van der Waals surface area contributed by atoms with Crippen molar-refractivity contribution in [2.75, 3.05) is 13.7 Å². The first-order valence-electron chi connectivity index (χ1n) is 9.57. The summed E-state index contributed by atoms with van der Waals surface area (Å²) in [6, 6.07) is 16.3. The first-order chi connectivity index (χ1) is 13.2. The van der Waals surface area contributed by atoms with Crippen molar-refractivity contribution in [2.24, 2.45) is 0 Å². The first kappa shape index (κ1) is 17.7. The Balaban J connectivity index is 1.45. The molecule has 4 rings (SSSR count). The van der Waals surface area contributed by atoms with E-state index >= 15 is 0 Å². The molecule has 1 saturated carbocycles. The van der Waals surface area contributed by atoms with E-state index in [2.05, 4.69) is 29.6 Å². The summed E-state index contributed by atoms with van der Waals surface area (Å²) in [6.07, 6.45) is 6.70. The summed E-state index contributed by atoms with van der Waals surface area (Å²) in [6.45, 7) is 0.694. The number of benzene rings is 2. The van der Waals surface area contributed by atoms with E-state index in [1.54, 1.807) is 13.4 Å². The molecule has 0 radical (unpaired) electrons. The van der Waals surface area contributed by atoms with Gasteiger partial charge in [0.05, 0.1) is 19.8 Å². The van der Waals surface area contributed by atoms with Gasteiger partial charge in [-0.1, -0.05) is 43.2 Å². The van der Waals surface area contributed by atoms with E-state index in [0.717, 1.165) is 35.1 Å². The number of amides is 1. The van der Waals surface area contributed by atoms with Crippen molar-refractivity contribution in [1.82, 2.24) is 5.32 Å². The van der Waals surface area contributed by atoms with Gasteiger partial charge in [-0.25, -0.2) is 0 Å². The van der Waals surface area contributed by atoms with E-state index in [1.165, 1.54) is 18.4 Å². The highest BCUT2D eigenvalue weighted by Gasteiger charge is 2.35. The van der Waals surface area contributed by atoms with Gasteiger partial charge in [-0.15, -0.1) is 0 Å². The number of methoxy groups -OCH3 is 1. The Morgan fingerprint density at radius 2 is 1.93 bits per heavy atom. The molecule has 1 fully saturated rings. The van der Waals surface area contributed by atoms with Crippen LogP contribution in [-0.4, -0.2) is 19.6 Å². The van der Waals surface area contributed by atoms with Crippen molar-refractivity contribution in [3.8, 4) is 5.75 Å². The second kappa shape index (κ2) is 7.47. The van der Waals surface area contributed by atoms with Crippen LogP contribution in [0.5, 0.6) is 5.75 Å². The number of rotatable bonds is 6. The van der Waals surface area contributed by atoms with E-state index in [0.29, 0.717) is 13.0 Å². The van der Waals surface area contributed by atoms with Crippen molar-refractivity contribution in [1.29, 1.82) is 0 Å². The van der Waals surface area contributed by atoms with E-state index in [9.17, 15) is 4.79 Å². The number of ether oxygens (including phenoxy) is 1. The maximum Gasteiger partial charge on any atom is 0.224 e. The smallest absolute Gasteiger partial charge is 0.224 e. The van der Waals surface area contributed by atoms with Crippen molar-refractivity contribution < 1.29 is 13.9 Å². The minimum absolute atomic E-state index is 0.0377. The molecule has 1 aliphatic carbocycles. The molecule has 0 saturated heterocycles. The molecule has 1 N–H and O–H groups in total. The quantitative estimate of drug-likeness (QED) is 0.696. The zero-order valence-electron chi connectivity index (χ0n) is 15.7. The normalized spacial score (nSPS) is 15.7. The average molecular weight is 363 g/mol. The largest absolute Gasteiger partial charge is 0.497 e. The highest BCUT2D eigenvalue weighted by atomic mass is 16.5. The van der Waals surface area contributed by atoms with Crippen LogP contribution in [0.3, 0.4) is 0 Å². The van der Waals surface area contributed by atoms with Gasteiger partial charge >= 0.3 is 0 Å². The van der Waals surface area contributed by atoms with Crippen LogP contribution in [-0.2, 0) is 16.6 Å². The first-order valence-corrected chi connectivity index (χ1v) is 9.57. The fourth-order valence-corrected chi connectivity index (χ4v) is 4.24. The Hall–Kier alpha value is -2.75. The van der Waals surface area contributed by atoms with Crippen LogP contribution in [0.4, 0.5) is 0 Å². The minimum atomic E-state index is 0.0377. The standard InChI is InChI=1S/C23H25NO3/c1-26-19-9-10-20-17(15-27-21(20)14-19)13-22(25)24-16-23(11-5-6-12-23)18-7-3-2-4-8-18/h2-4,7-10,14-15H,5-6,11-13,16H2,1H3,(H,24,25). The Morgan fingerprint density at radius 1 is 1.15 bits per heavy atom. The summed E-state index contributed by atoms with van der Waals surface area (Å²) in [5.41, 5.74) is 3.06. The predicted molar refractivity (Wildman–Crippen MR) is 106 cm³/mol. The van der Waals surface area contributed by atoms with Crippen molar-refractivity contribution >= 4 is 16.9 Å². The zero-order valence-corrected chi connectivity index (χ0v) is 15.7. The molecule has 1 heterocycles. The molecule has 27 heavy (non-hydrogen) atoms. The van der Waals surface area contributed by atoms with Crippen LogP contribution in [0.2, 0.25) is 0 Å². The molecule has 0 unspecified atom stereocenters. The number of nitrogens with one attached hydrogen (secondary N) is 1. The maximum atomic E-state index is 12.6. The van der Waals surface area contributed by atoms with Gasteiger partial charge in [-0.05, 0) is 30.5 Å². The van der Waals surface area contributed by atoms with Gasteiger partial charge in [-0.3, -0.25) is 4.79 Å². The summed E-state index contributed by atoms with van der Waals surface area (Å²) in [5.74, 6) is 0.787. The number of carbonyl (C=O) groups excluding carboxylic acids is 1. The minimum Gasteiger partial charge on any atom is -0.497 e. The lowest BCUT2D eigenvalue weighted by Crippen LogP contribution is -2.39. The van der Waals surface area contributed by atoms with E-state index < -0.39 is 0 Å². The molecular weight excluding hydrogens is 338 g/mol. The molecule has 0 spiro atoms. The van der Waals surface area contributed by atoms with Crippen LogP contribution in [0.15, 0.2) is 59.2 Å². The third-order valence-electron chi connectivity index (χ3n) is 5.78. The Kier molecular flexibility index (Phi) is 4.88. The van der Waals surface area contributed by atoms with Gasteiger partial charge in [0.2, 0.25) is 5.91 Å². The van der Waals surface area contributed by atoms with E-state index in [4.69, 9.17) is 9.15 Å². The Labute approximate surface area is 159 Å². The summed E-state index contributed by atoms with van der Waals surface area (Å²) in [5, 5.41) is 4.15. The van der Waals surface area contributed by atoms with Crippen LogP contribution in [0.1, 0.15) is 36.8 Å². The molecule has 2 aromatic carbocycles. The third-order valence-corrected chi connectivity index (χ3v) is 5.78. The van der Waals surface area contributed by atoms with Crippen molar-refractivity contribution in [2.45, 2.75) is 37.5 Å². The van der Waals surface area contributed by atoms with Crippen molar-refractivity contribution in [3.63, 3.8) is 0 Å². The molecule has 4 heteroatoms. The van der Waals surface area contributed by atoms with Crippen LogP contribution < -0.4 is 10.1 Å². The predicted octanol–water partition coefficient (Wildman–Crippen LogP) is 4.61. The molecule has 1 aromatic heterocycles. The fourth-order valence-electron chi connectivity index (χ4n) is 4.24. The van der Waals surface area contributed by atoms with E-state index in [-0.39, 0.29) is 11.3 Å². The van der Waals surface area contributed by atoms with Gasteiger partial charge in [0.15, 0.2) is 0 Å². The molecule has 0 atom stereocenters. The molecular formula is C23H25NO3. The molecule has 0 aliphatic heterocycles. The van der Waals surface area contributed by atoms with E-state index in [1.807, 2.05) is 24.3 Å². The number of carbonyl (C=O) groups is 1. The summed E-state index contributed by atoms with van der Waals surface area (Å²) >= 11 is 0. The average Bonchev–Trinajstić information content (AvgIpc) is 3.35. The molecule has 1 amide bonds.